The first kappa shape index (κ1) is 19.7. The fourth-order valence-corrected chi connectivity index (χ4v) is 2.79. The van der Waals surface area contributed by atoms with E-state index < -0.39 is 16.2 Å². The van der Waals surface area contributed by atoms with Gasteiger partial charge < -0.3 is 0 Å². The molecule has 2 aromatic heterocycles. The zero-order chi connectivity index (χ0) is 21.3. The summed E-state index contributed by atoms with van der Waals surface area (Å²) in [6, 6.07) is 6.06. The molecule has 2 heterocycles. The van der Waals surface area contributed by atoms with Crippen molar-refractivity contribution in [3.8, 4) is 0 Å². The fraction of sp³-hybridized carbons (Fsp3) is 0.222. The molecule has 3 aromatic rings. The van der Waals surface area contributed by atoms with Gasteiger partial charge in [0.05, 0.1) is 10.6 Å². The summed E-state index contributed by atoms with van der Waals surface area (Å²) in [5.41, 5.74) is 3.80. The lowest BCUT2D eigenvalue weighted by Crippen LogP contribution is -2.29. The number of aryl methyl sites for hydroxylation is 1. The highest BCUT2D eigenvalue weighted by molar-refractivity contribution is 5.99. The van der Waals surface area contributed by atoms with Crippen molar-refractivity contribution >= 4 is 28.5 Å². The van der Waals surface area contributed by atoms with Crippen molar-refractivity contribution in [1.29, 1.82) is 0 Å². The van der Waals surface area contributed by atoms with Crippen LogP contribution in [0.5, 0.6) is 0 Å². The Bertz CT molecular complexity index is 1280. The number of nitrogens with zero attached hydrogens (tertiary/aromatic N) is 5. The van der Waals surface area contributed by atoms with E-state index in [9.17, 15) is 19.7 Å². The lowest BCUT2D eigenvalue weighted by Gasteiger charge is -2.08. The zero-order valence-electron chi connectivity index (χ0n) is 16.1. The molecule has 0 amide bonds. The van der Waals surface area contributed by atoms with E-state index in [4.69, 9.17) is 0 Å². The second kappa shape index (κ2) is 7.54. The number of imidazole rings is 1. The summed E-state index contributed by atoms with van der Waals surface area (Å²) >= 11 is 0. The standard InChI is InChI=1S/C18H19N7O4/c1-10(2)9-24-14-15(23(4)18(27)20-16(14)26)19-17(24)22-21-11(3)12-6-5-7-13(8-12)25(28)29/h5-8H,1,9H2,2-4H3,(H,19,22)(H,20,26,27)/b21-11-. The highest BCUT2D eigenvalue weighted by Gasteiger charge is 2.17. The van der Waals surface area contributed by atoms with Crippen LogP contribution < -0.4 is 16.7 Å². The minimum absolute atomic E-state index is 0.0481. The second-order valence-electron chi connectivity index (χ2n) is 6.59. The Balaban J connectivity index is 2.08. The monoisotopic (exact) mass is 397 g/mol. The molecule has 0 aliphatic carbocycles. The molecule has 0 radical (unpaired) electrons. The van der Waals surface area contributed by atoms with Crippen molar-refractivity contribution < 1.29 is 4.92 Å². The minimum Gasteiger partial charge on any atom is -0.299 e. The van der Waals surface area contributed by atoms with Gasteiger partial charge in [0.1, 0.15) is 0 Å². The van der Waals surface area contributed by atoms with E-state index >= 15 is 0 Å². The number of nitro groups is 1. The molecule has 2 N–H and O–H groups in total. The molecule has 11 heteroatoms. The van der Waals surface area contributed by atoms with Crippen LogP contribution in [0.4, 0.5) is 11.6 Å². The number of nitro benzene ring substituents is 1. The van der Waals surface area contributed by atoms with Gasteiger partial charge in [0.25, 0.3) is 11.2 Å². The number of aromatic amines is 1. The lowest BCUT2D eigenvalue weighted by atomic mass is 10.1. The summed E-state index contributed by atoms with van der Waals surface area (Å²) in [5, 5.41) is 15.2. The molecule has 0 spiro atoms. The molecular weight excluding hydrogens is 378 g/mol. The Kier molecular flexibility index (Phi) is 5.13. The maximum atomic E-state index is 12.3. The number of benzene rings is 1. The Morgan fingerprint density at radius 2 is 2.10 bits per heavy atom. The maximum absolute atomic E-state index is 12.3. The van der Waals surface area contributed by atoms with E-state index in [1.165, 1.54) is 23.7 Å². The van der Waals surface area contributed by atoms with E-state index in [2.05, 4.69) is 27.1 Å². The van der Waals surface area contributed by atoms with Gasteiger partial charge in [0.2, 0.25) is 5.95 Å². The van der Waals surface area contributed by atoms with E-state index in [0.29, 0.717) is 11.3 Å². The van der Waals surface area contributed by atoms with Gasteiger partial charge in [-0.25, -0.2) is 10.2 Å². The number of hydrogen-bond donors (Lipinski definition) is 2. The van der Waals surface area contributed by atoms with Crippen molar-refractivity contribution in [2.75, 3.05) is 5.43 Å². The Morgan fingerprint density at radius 1 is 1.38 bits per heavy atom. The average molecular weight is 397 g/mol. The molecule has 3 rings (SSSR count). The lowest BCUT2D eigenvalue weighted by molar-refractivity contribution is -0.384. The Labute approximate surface area is 164 Å². The number of rotatable bonds is 6. The Morgan fingerprint density at radius 3 is 2.76 bits per heavy atom. The van der Waals surface area contributed by atoms with Crippen LogP contribution in [0.3, 0.4) is 0 Å². The molecule has 0 atom stereocenters. The largest absolute Gasteiger partial charge is 0.329 e. The molecule has 150 valence electrons. The predicted molar refractivity (Wildman–Crippen MR) is 109 cm³/mol. The van der Waals surface area contributed by atoms with Gasteiger partial charge in [-0.3, -0.25) is 29.0 Å². The normalized spacial score (nSPS) is 11.6. The molecule has 0 aliphatic heterocycles. The summed E-state index contributed by atoms with van der Waals surface area (Å²) in [5.74, 6) is 0.236. The van der Waals surface area contributed by atoms with Crippen molar-refractivity contribution in [3.63, 3.8) is 0 Å². The summed E-state index contributed by atoms with van der Waals surface area (Å²) in [6.45, 7) is 7.62. The van der Waals surface area contributed by atoms with Crippen LogP contribution >= 0.6 is 0 Å². The van der Waals surface area contributed by atoms with Crippen LogP contribution in [0, 0.1) is 10.1 Å². The smallest absolute Gasteiger partial charge is 0.299 e. The molecule has 0 saturated carbocycles. The zero-order valence-corrected chi connectivity index (χ0v) is 16.1. The van der Waals surface area contributed by atoms with Crippen molar-refractivity contribution in [2.45, 2.75) is 20.4 Å². The topological polar surface area (TPSA) is 140 Å². The van der Waals surface area contributed by atoms with Gasteiger partial charge in [-0.15, -0.1) is 0 Å². The predicted octanol–water partition coefficient (Wildman–Crippen LogP) is 1.74. The van der Waals surface area contributed by atoms with Gasteiger partial charge >= 0.3 is 5.69 Å². The van der Waals surface area contributed by atoms with Crippen LogP contribution in [0.25, 0.3) is 11.2 Å². The molecule has 0 unspecified atom stereocenters. The highest BCUT2D eigenvalue weighted by Crippen LogP contribution is 2.18. The molecule has 0 bridgehead atoms. The van der Waals surface area contributed by atoms with Crippen LogP contribution in [0.15, 0.2) is 51.1 Å². The van der Waals surface area contributed by atoms with Gasteiger partial charge in [0.15, 0.2) is 11.2 Å². The maximum Gasteiger partial charge on any atom is 0.329 e. The summed E-state index contributed by atoms with van der Waals surface area (Å²) < 4.78 is 2.80. The first-order valence-corrected chi connectivity index (χ1v) is 8.58. The molecule has 0 aliphatic rings. The first-order chi connectivity index (χ1) is 13.7. The number of allylic oxidation sites excluding steroid dienone is 1. The van der Waals surface area contributed by atoms with Crippen molar-refractivity contribution in [1.82, 2.24) is 19.1 Å². The number of hydrazone groups is 1. The van der Waals surface area contributed by atoms with Gasteiger partial charge in [-0.2, -0.15) is 10.1 Å². The van der Waals surface area contributed by atoms with Crippen molar-refractivity contribution in [2.24, 2.45) is 12.1 Å². The summed E-state index contributed by atoms with van der Waals surface area (Å²) in [6.07, 6.45) is 0. The molecule has 11 nitrogen and oxygen atoms in total. The third-order valence-electron chi connectivity index (χ3n) is 4.23. The molecule has 0 fully saturated rings. The highest BCUT2D eigenvalue weighted by atomic mass is 16.6. The summed E-state index contributed by atoms with van der Waals surface area (Å²) in [4.78, 5) is 41.3. The van der Waals surface area contributed by atoms with Gasteiger partial charge in [0, 0.05) is 31.3 Å². The van der Waals surface area contributed by atoms with Gasteiger partial charge in [-0.1, -0.05) is 24.3 Å². The molecule has 0 saturated heterocycles. The van der Waals surface area contributed by atoms with Crippen LogP contribution in [-0.4, -0.2) is 29.7 Å². The van der Waals surface area contributed by atoms with Crippen LogP contribution in [0.1, 0.15) is 19.4 Å². The number of H-pyrrole nitrogens is 1. The van der Waals surface area contributed by atoms with Crippen LogP contribution in [-0.2, 0) is 13.6 Å². The van der Waals surface area contributed by atoms with E-state index in [1.807, 2.05) is 0 Å². The molecular formula is C18H19N7O4. The average Bonchev–Trinajstić information content (AvgIpc) is 3.02. The molecule has 29 heavy (non-hydrogen) atoms. The Hall–Kier alpha value is -4.02. The van der Waals surface area contributed by atoms with E-state index in [-0.39, 0.29) is 29.3 Å². The quantitative estimate of drug-likeness (QED) is 0.281. The van der Waals surface area contributed by atoms with E-state index in [1.54, 1.807) is 30.5 Å². The number of hydrogen-bond acceptors (Lipinski definition) is 7. The third kappa shape index (κ3) is 3.83. The van der Waals surface area contributed by atoms with Gasteiger partial charge in [-0.05, 0) is 13.8 Å². The number of nitrogens with one attached hydrogen (secondary N) is 2. The minimum atomic E-state index is -0.578. The molecule has 1 aromatic carbocycles. The van der Waals surface area contributed by atoms with E-state index in [0.717, 1.165) is 5.57 Å². The second-order valence-corrected chi connectivity index (χ2v) is 6.59. The summed E-state index contributed by atoms with van der Waals surface area (Å²) in [7, 11) is 1.50. The first-order valence-electron chi connectivity index (χ1n) is 8.58. The third-order valence-corrected chi connectivity index (χ3v) is 4.23. The number of aromatic nitrogens is 4. The van der Waals surface area contributed by atoms with Crippen LogP contribution in [0.2, 0.25) is 0 Å². The number of fused-ring (bicyclic) bond motifs is 1. The SMILES string of the molecule is C=C(C)Cn1c(N/N=C(/C)c2cccc([N+](=O)[O-])c2)nc2c1c(=O)[nH]c(=O)n2C. The van der Waals surface area contributed by atoms with Crippen molar-refractivity contribution in [3.05, 3.63) is 72.9 Å². The number of anilines is 1. The number of non-ortho nitro benzene ring substituents is 1. The fourth-order valence-electron chi connectivity index (χ4n) is 2.79.